The number of nitrogens with two attached hydrogens (primary N) is 1. The fourth-order valence-electron chi connectivity index (χ4n) is 1.78. The first-order valence-electron chi connectivity index (χ1n) is 6.06. The molecule has 1 aromatic heterocycles. The molecule has 6 nitrogen and oxygen atoms in total. The molecular weight excluding hydrogens is 274 g/mol. The minimum atomic E-state index is -1.56. The second-order valence-electron chi connectivity index (χ2n) is 4.37. The first-order valence-corrected chi connectivity index (χ1v) is 6.06. The van der Waals surface area contributed by atoms with Gasteiger partial charge in [0.1, 0.15) is 5.76 Å². The summed E-state index contributed by atoms with van der Waals surface area (Å²) in [6.45, 7) is 0. The second kappa shape index (κ2) is 5.96. The molecule has 0 aliphatic heterocycles. The Bertz CT molecular complexity index is 697. The number of carboxylic acid groups (broad SMARTS) is 1. The van der Waals surface area contributed by atoms with Crippen molar-refractivity contribution >= 4 is 17.4 Å². The molecule has 21 heavy (non-hydrogen) atoms. The molecule has 0 saturated carbocycles. The Morgan fingerprint density at radius 2 is 1.81 bits per heavy atom. The smallest absolute Gasteiger partial charge is 0.371 e. The van der Waals surface area contributed by atoms with E-state index in [0.29, 0.717) is 23.9 Å². The molecule has 0 spiro atoms. The van der Waals surface area contributed by atoms with Gasteiger partial charge in [0.25, 0.3) is 0 Å². The van der Waals surface area contributed by atoms with Gasteiger partial charge in [-0.15, -0.1) is 0 Å². The van der Waals surface area contributed by atoms with Gasteiger partial charge in [-0.3, -0.25) is 4.79 Å². The SMILES string of the molecule is Nc1ccc(Cc2occc2C(=O)/C=C(\O)C(=O)O)cc1. The average Bonchev–Trinajstić information content (AvgIpc) is 2.89. The van der Waals surface area contributed by atoms with E-state index in [-0.39, 0.29) is 5.56 Å². The van der Waals surface area contributed by atoms with Gasteiger partial charge in [-0.1, -0.05) is 12.1 Å². The number of aliphatic hydroxyl groups excluding tert-OH is 1. The normalized spacial score (nSPS) is 11.3. The topological polar surface area (TPSA) is 114 Å². The number of carbonyl (C=O) groups is 2. The molecule has 0 aliphatic carbocycles. The molecule has 0 amide bonds. The fraction of sp³-hybridized carbons (Fsp3) is 0.0667. The van der Waals surface area contributed by atoms with Crippen LogP contribution in [0.25, 0.3) is 0 Å². The number of rotatable bonds is 5. The van der Waals surface area contributed by atoms with Crippen LogP contribution >= 0.6 is 0 Å². The van der Waals surface area contributed by atoms with Gasteiger partial charge in [0.05, 0.1) is 11.8 Å². The van der Waals surface area contributed by atoms with Crippen molar-refractivity contribution in [3.05, 3.63) is 65.3 Å². The Labute approximate surface area is 120 Å². The number of benzene rings is 1. The van der Waals surface area contributed by atoms with Crippen LogP contribution < -0.4 is 5.73 Å². The first-order chi connectivity index (χ1) is 9.97. The van der Waals surface area contributed by atoms with E-state index in [2.05, 4.69) is 0 Å². The highest BCUT2D eigenvalue weighted by atomic mass is 16.4. The number of aliphatic hydroxyl groups is 1. The number of allylic oxidation sites excluding steroid dienone is 1. The molecule has 4 N–H and O–H groups in total. The summed E-state index contributed by atoms with van der Waals surface area (Å²) in [6, 6.07) is 8.50. The molecule has 108 valence electrons. The minimum Gasteiger partial charge on any atom is -0.502 e. The summed E-state index contributed by atoms with van der Waals surface area (Å²) in [5, 5.41) is 17.7. The van der Waals surface area contributed by atoms with Gasteiger partial charge < -0.3 is 20.4 Å². The average molecular weight is 287 g/mol. The lowest BCUT2D eigenvalue weighted by Gasteiger charge is -2.02. The van der Waals surface area contributed by atoms with Crippen molar-refractivity contribution in [3.8, 4) is 0 Å². The van der Waals surface area contributed by atoms with E-state index < -0.39 is 17.5 Å². The zero-order chi connectivity index (χ0) is 15.4. The summed E-state index contributed by atoms with van der Waals surface area (Å²) in [5.74, 6) is -2.82. The van der Waals surface area contributed by atoms with Crippen LogP contribution in [-0.2, 0) is 11.2 Å². The van der Waals surface area contributed by atoms with Crippen molar-refractivity contribution in [2.75, 3.05) is 5.73 Å². The minimum absolute atomic E-state index is 0.208. The monoisotopic (exact) mass is 287 g/mol. The van der Waals surface area contributed by atoms with Crippen LogP contribution in [0.4, 0.5) is 5.69 Å². The maximum atomic E-state index is 11.9. The van der Waals surface area contributed by atoms with Crippen LogP contribution in [0.3, 0.4) is 0 Å². The van der Waals surface area contributed by atoms with E-state index in [1.807, 2.05) is 0 Å². The van der Waals surface area contributed by atoms with E-state index >= 15 is 0 Å². The van der Waals surface area contributed by atoms with E-state index in [4.69, 9.17) is 20.4 Å². The van der Waals surface area contributed by atoms with Crippen molar-refractivity contribution in [2.24, 2.45) is 0 Å². The quantitative estimate of drug-likeness (QED) is 0.336. The molecular formula is C15H13NO5. The van der Waals surface area contributed by atoms with Gasteiger partial charge in [0.15, 0.2) is 5.78 Å². The molecule has 0 bridgehead atoms. The number of nitrogen functional groups attached to an aromatic ring is 1. The number of anilines is 1. The second-order valence-corrected chi connectivity index (χ2v) is 4.37. The highest BCUT2D eigenvalue weighted by molar-refractivity contribution is 6.08. The zero-order valence-electron chi connectivity index (χ0n) is 10.9. The van der Waals surface area contributed by atoms with E-state index in [1.54, 1.807) is 24.3 Å². The predicted molar refractivity (Wildman–Crippen MR) is 75.0 cm³/mol. The standard InChI is InChI=1S/C15H13NO5/c16-10-3-1-9(2-4-10)7-14-11(5-6-21-14)12(17)8-13(18)15(19)20/h1-6,8,18H,7,16H2,(H,19,20)/b13-8-. The molecule has 0 unspecified atom stereocenters. The predicted octanol–water partition coefficient (Wildman–Crippen LogP) is 2.16. The lowest BCUT2D eigenvalue weighted by Crippen LogP contribution is -2.05. The molecule has 0 fully saturated rings. The van der Waals surface area contributed by atoms with Crippen LogP contribution in [0.5, 0.6) is 0 Å². The summed E-state index contributed by atoms with van der Waals surface area (Å²) >= 11 is 0. The lowest BCUT2D eigenvalue weighted by atomic mass is 10.0. The Balaban J connectivity index is 2.22. The highest BCUT2D eigenvalue weighted by Gasteiger charge is 2.16. The summed E-state index contributed by atoms with van der Waals surface area (Å²) in [6.07, 6.45) is 2.35. The molecule has 2 aromatic rings. The van der Waals surface area contributed by atoms with Crippen LogP contribution in [0.2, 0.25) is 0 Å². The fourth-order valence-corrected chi connectivity index (χ4v) is 1.78. The summed E-state index contributed by atoms with van der Waals surface area (Å²) in [4.78, 5) is 22.4. The van der Waals surface area contributed by atoms with E-state index in [0.717, 1.165) is 5.56 Å². The largest absolute Gasteiger partial charge is 0.502 e. The Morgan fingerprint density at radius 3 is 2.43 bits per heavy atom. The molecule has 1 heterocycles. The summed E-state index contributed by atoms with van der Waals surface area (Å²) < 4.78 is 5.25. The van der Waals surface area contributed by atoms with Crippen LogP contribution in [0.1, 0.15) is 21.7 Å². The number of carbonyl (C=O) groups excluding carboxylic acids is 1. The molecule has 0 aliphatic rings. The third-order valence-corrected chi connectivity index (χ3v) is 2.84. The molecule has 0 radical (unpaired) electrons. The Morgan fingerprint density at radius 1 is 1.14 bits per heavy atom. The molecule has 6 heteroatoms. The number of furan rings is 1. The third-order valence-electron chi connectivity index (χ3n) is 2.84. The number of hydrogen-bond acceptors (Lipinski definition) is 5. The van der Waals surface area contributed by atoms with Crippen molar-refractivity contribution in [1.29, 1.82) is 0 Å². The van der Waals surface area contributed by atoms with Gasteiger partial charge in [-0.05, 0) is 23.8 Å². The van der Waals surface area contributed by atoms with Crippen molar-refractivity contribution in [1.82, 2.24) is 0 Å². The van der Waals surface area contributed by atoms with Crippen molar-refractivity contribution < 1.29 is 24.2 Å². The van der Waals surface area contributed by atoms with Gasteiger partial charge in [0, 0.05) is 18.2 Å². The van der Waals surface area contributed by atoms with Crippen LogP contribution in [0.15, 0.2) is 52.8 Å². The van der Waals surface area contributed by atoms with Gasteiger partial charge in [-0.2, -0.15) is 0 Å². The van der Waals surface area contributed by atoms with Gasteiger partial charge in [0.2, 0.25) is 5.76 Å². The summed E-state index contributed by atoms with van der Waals surface area (Å²) in [7, 11) is 0. The molecule has 1 aromatic carbocycles. The number of hydrogen-bond donors (Lipinski definition) is 3. The van der Waals surface area contributed by atoms with Gasteiger partial charge in [-0.25, -0.2) is 4.79 Å². The third kappa shape index (κ3) is 3.50. The van der Waals surface area contributed by atoms with E-state index in [9.17, 15) is 9.59 Å². The van der Waals surface area contributed by atoms with Crippen molar-refractivity contribution in [3.63, 3.8) is 0 Å². The highest BCUT2D eigenvalue weighted by Crippen LogP contribution is 2.18. The zero-order valence-corrected chi connectivity index (χ0v) is 10.9. The van der Waals surface area contributed by atoms with Gasteiger partial charge >= 0.3 is 5.97 Å². The maximum absolute atomic E-state index is 11.9. The van der Waals surface area contributed by atoms with Crippen LogP contribution in [0, 0.1) is 0 Å². The molecule has 0 saturated heterocycles. The molecule has 0 atom stereocenters. The number of ketones is 1. The maximum Gasteiger partial charge on any atom is 0.371 e. The summed E-state index contributed by atoms with van der Waals surface area (Å²) in [5.41, 5.74) is 7.32. The first kappa shape index (κ1) is 14.4. The number of carboxylic acids is 1. The number of aliphatic carboxylic acids is 1. The Kier molecular flexibility index (Phi) is 4.08. The Hall–Kier alpha value is -3.02. The lowest BCUT2D eigenvalue weighted by molar-refractivity contribution is -0.135. The van der Waals surface area contributed by atoms with E-state index in [1.165, 1.54) is 12.3 Å². The van der Waals surface area contributed by atoms with Crippen molar-refractivity contribution in [2.45, 2.75) is 6.42 Å². The van der Waals surface area contributed by atoms with Crippen LogP contribution in [-0.4, -0.2) is 22.0 Å². The molecule has 2 rings (SSSR count).